The number of rotatable bonds is 7. The molecule has 0 fully saturated rings. The van der Waals surface area contributed by atoms with Crippen LogP contribution in [0.5, 0.6) is 11.5 Å². The van der Waals surface area contributed by atoms with Gasteiger partial charge in [-0.05, 0) is 55.5 Å². The maximum absolute atomic E-state index is 12.4. The van der Waals surface area contributed by atoms with Crippen molar-refractivity contribution in [1.29, 1.82) is 0 Å². The highest BCUT2D eigenvalue weighted by molar-refractivity contribution is 9.10. The Balaban J connectivity index is 2.05. The number of carbonyl (C=O) groups excluding carboxylic acids is 1. The van der Waals surface area contributed by atoms with Crippen molar-refractivity contribution >= 4 is 33.6 Å². The van der Waals surface area contributed by atoms with E-state index in [4.69, 9.17) is 4.74 Å². The van der Waals surface area contributed by atoms with Crippen molar-refractivity contribution in [3.05, 3.63) is 58.6 Å². The number of alkyl halides is 2. The smallest absolute Gasteiger partial charge is 0.387 e. The van der Waals surface area contributed by atoms with Gasteiger partial charge in [-0.25, -0.2) is 0 Å². The summed E-state index contributed by atoms with van der Waals surface area (Å²) in [4.78, 5) is 12.0. The molecule has 1 N–H and O–H groups in total. The molecule has 7 heteroatoms. The molecule has 0 atom stereocenters. The third-order valence-electron chi connectivity index (χ3n) is 3.04. The molecular formula is C18H16BrF2NO3. The second-order valence-electron chi connectivity index (χ2n) is 4.84. The van der Waals surface area contributed by atoms with Crippen molar-refractivity contribution in [3.63, 3.8) is 0 Å². The number of hydrogen-bond donors (Lipinski definition) is 1. The van der Waals surface area contributed by atoms with E-state index in [1.54, 1.807) is 36.4 Å². The first kappa shape index (κ1) is 18.9. The fraction of sp³-hybridized carbons (Fsp3) is 0.167. The number of benzene rings is 2. The van der Waals surface area contributed by atoms with E-state index in [-0.39, 0.29) is 5.75 Å². The number of anilines is 1. The molecule has 2 aromatic rings. The molecule has 0 aliphatic rings. The topological polar surface area (TPSA) is 47.6 Å². The Bertz CT molecular complexity index is 748. The lowest BCUT2D eigenvalue weighted by Gasteiger charge is -2.08. The lowest BCUT2D eigenvalue weighted by molar-refractivity contribution is -0.111. The number of nitrogens with one attached hydrogen (secondary N) is 1. The van der Waals surface area contributed by atoms with Gasteiger partial charge in [-0.15, -0.1) is 0 Å². The number of halogens is 3. The number of carbonyl (C=O) groups is 1. The van der Waals surface area contributed by atoms with Gasteiger partial charge in [0.15, 0.2) is 0 Å². The van der Waals surface area contributed by atoms with E-state index in [9.17, 15) is 13.6 Å². The van der Waals surface area contributed by atoms with E-state index >= 15 is 0 Å². The quantitative estimate of drug-likeness (QED) is 0.644. The van der Waals surface area contributed by atoms with Gasteiger partial charge >= 0.3 is 6.61 Å². The predicted octanol–water partition coefficient (Wildman–Crippen LogP) is 5.10. The van der Waals surface area contributed by atoms with Crippen LogP contribution in [0.25, 0.3) is 6.08 Å². The van der Waals surface area contributed by atoms with Gasteiger partial charge in [0, 0.05) is 21.8 Å². The highest BCUT2D eigenvalue weighted by Crippen LogP contribution is 2.26. The number of hydrogen-bond acceptors (Lipinski definition) is 3. The van der Waals surface area contributed by atoms with Crippen LogP contribution in [0, 0.1) is 0 Å². The molecule has 0 radical (unpaired) electrons. The summed E-state index contributed by atoms with van der Waals surface area (Å²) in [5, 5.41) is 2.67. The predicted molar refractivity (Wildman–Crippen MR) is 96.0 cm³/mol. The molecule has 1 amide bonds. The average molecular weight is 412 g/mol. The van der Waals surface area contributed by atoms with Crippen LogP contribution >= 0.6 is 15.9 Å². The van der Waals surface area contributed by atoms with Gasteiger partial charge in [0.05, 0.1) is 6.61 Å². The Kier molecular flexibility index (Phi) is 6.94. The molecule has 0 unspecified atom stereocenters. The average Bonchev–Trinajstić information content (AvgIpc) is 2.57. The summed E-state index contributed by atoms with van der Waals surface area (Å²) in [6.07, 6.45) is 2.66. The van der Waals surface area contributed by atoms with Crippen molar-refractivity contribution in [2.75, 3.05) is 11.9 Å². The maximum Gasteiger partial charge on any atom is 0.387 e. The van der Waals surface area contributed by atoms with E-state index < -0.39 is 12.5 Å². The lowest BCUT2D eigenvalue weighted by Crippen LogP contribution is -2.08. The summed E-state index contributed by atoms with van der Waals surface area (Å²) in [5.41, 5.74) is 0.952. The molecule has 4 nitrogen and oxygen atoms in total. The molecule has 2 rings (SSSR count). The Morgan fingerprint density at radius 3 is 2.60 bits per heavy atom. The largest absolute Gasteiger partial charge is 0.494 e. The normalized spacial score (nSPS) is 10.9. The number of ether oxygens (including phenoxy) is 2. The Hall–Kier alpha value is -2.41. The van der Waals surface area contributed by atoms with Gasteiger partial charge in [-0.3, -0.25) is 4.79 Å². The Morgan fingerprint density at radius 1 is 1.24 bits per heavy atom. The van der Waals surface area contributed by atoms with Crippen LogP contribution in [-0.2, 0) is 4.79 Å². The first-order valence-electron chi connectivity index (χ1n) is 7.44. The molecule has 0 spiro atoms. The highest BCUT2D eigenvalue weighted by Gasteiger charge is 2.09. The van der Waals surface area contributed by atoms with Crippen molar-refractivity contribution in [2.24, 2.45) is 0 Å². The monoisotopic (exact) mass is 411 g/mol. The van der Waals surface area contributed by atoms with Crippen LogP contribution in [0.2, 0.25) is 0 Å². The molecule has 0 bridgehead atoms. The zero-order valence-electron chi connectivity index (χ0n) is 13.3. The molecule has 0 saturated heterocycles. The molecule has 0 aliphatic heterocycles. The number of amides is 1. The van der Waals surface area contributed by atoms with Crippen molar-refractivity contribution < 1.29 is 23.0 Å². The van der Waals surface area contributed by atoms with Crippen LogP contribution in [0.1, 0.15) is 12.5 Å². The third kappa shape index (κ3) is 6.19. The Labute approximate surface area is 152 Å². The van der Waals surface area contributed by atoms with Crippen molar-refractivity contribution in [1.82, 2.24) is 0 Å². The van der Waals surface area contributed by atoms with E-state index in [1.165, 1.54) is 18.2 Å². The molecule has 2 aromatic carbocycles. The second-order valence-corrected chi connectivity index (χ2v) is 5.76. The molecular weight excluding hydrogens is 396 g/mol. The third-order valence-corrected chi connectivity index (χ3v) is 3.53. The maximum atomic E-state index is 12.4. The molecule has 0 aromatic heterocycles. The zero-order valence-corrected chi connectivity index (χ0v) is 14.9. The highest BCUT2D eigenvalue weighted by atomic mass is 79.9. The molecule has 132 valence electrons. The van der Waals surface area contributed by atoms with E-state index in [0.717, 1.165) is 0 Å². The standard InChI is InChI=1S/C18H16BrF2NO3/c1-2-24-15-7-5-14(6-8-15)22-17(23)10-3-12-11-13(19)4-9-16(12)25-18(20)21/h3-11,18H,2H2,1H3,(H,22,23)/b10-3+. The molecule has 0 saturated carbocycles. The SMILES string of the molecule is CCOc1ccc(NC(=O)/C=C/c2cc(Br)ccc2OC(F)F)cc1. The van der Waals surface area contributed by atoms with E-state index in [0.29, 0.717) is 28.1 Å². The van der Waals surface area contributed by atoms with Gasteiger partial charge < -0.3 is 14.8 Å². The van der Waals surface area contributed by atoms with Gasteiger partial charge in [-0.2, -0.15) is 8.78 Å². The molecule has 0 aliphatic carbocycles. The summed E-state index contributed by atoms with van der Waals surface area (Å²) >= 11 is 3.25. The van der Waals surface area contributed by atoms with Gasteiger partial charge in [-0.1, -0.05) is 15.9 Å². The van der Waals surface area contributed by atoms with Crippen LogP contribution in [0.3, 0.4) is 0 Å². The zero-order chi connectivity index (χ0) is 18.2. The van der Waals surface area contributed by atoms with Crippen LogP contribution in [0.4, 0.5) is 14.5 Å². The fourth-order valence-electron chi connectivity index (χ4n) is 2.00. The first-order valence-corrected chi connectivity index (χ1v) is 8.23. The minimum Gasteiger partial charge on any atom is -0.494 e. The van der Waals surface area contributed by atoms with Gasteiger partial charge in [0.2, 0.25) is 5.91 Å². The van der Waals surface area contributed by atoms with E-state index in [2.05, 4.69) is 26.0 Å². The van der Waals surface area contributed by atoms with Crippen molar-refractivity contribution in [3.8, 4) is 11.5 Å². The summed E-state index contributed by atoms with van der Waals surface area (Å²) in [6.45, 7) is -0.496. The minimum absolute atomic E-state index is 0.0108. The van der Waals surface area contributed by atoms with Crippen LogP contribution in [-0.4, -0.2) is 19.1 Å². The second kappa shape index (κ2) is 9.17. The summed E-state index contributed by atoms with van der Waals surface area (Å²) in [7, 11) is 0. The Morgan fingerprint density at radius 2 is 1.96 bits per heavy atom. The van der Waals surface area contributed by atoms with E-state index in [1.807, 2.05) is 6.92 Å². The first-order chi connectivity index (χ1) is 12.0. The van der Waals surface area contributed by atoms with Crippen LogP contribution in [0.15, 0.2) is 53.0 Å². The van der Waals surface area contributed by atoms with Gasteiger partial charge in [0.25, 0.3) is 0 Å². The van der Waals surface area contributed by atoms with Crippen LogP contribution < -0.4 is 14.8 Å². The molecule has 0 heterocycles. The summed E-state index contributed by atoms with van der Waals surface area (Å²) in [5.74, 6) is 0.300. The molecule has 25 heavy (non-hydrogen) atoms. The lowest BCUT2D eigenvalue weighted by atomic mass is 10.2. The minimum atomic E-state index is -2.94. The summed E-state index contributed by atoms with van der Waals surface area (Å²) < 4.78 is 35.3. The summed E-state index contributed by atoms with van der Waals surface area (Å²) in [6, 6.07) is 11.5. The van der Waals surface area contributed by atoms with Gasteiger partial charge in [0.1, 0.15) is 11.5 Å². The van der Waals surface area contributed by atoms with Crippen molar-refractivity contribution in [2.45, 2.75) is 13.5 Å². The fourth-order valence-corrected chi connectivity index (χ4v) is 2.38.